The van der Waals surface area contributed by atoms with E-state index >= 15 is 0 Å². The first-order chi connectivity index (χ1) is 7.57. The summed E-state index contributed by atoms with van der Waals surface area (Å²) in [5.41, 5.74) is 7.34. The summed E-state index contributed by atoms with van der Waals surface area (Å²) in [6.45, 7) is 4.45. The second-order valence-corrected chi connectivity index (χ2v) is 5.23. The van der Waals surface area contributed by atoms with E-state index in [4.69, 9.17) is 5.73 Å². The van der Waals surface area contributed by atoms with Crippen LogP contribution in [0.15, 0.2) is 24.3 Å². The Kier molecular flexibility index (Phi) is 2.63. The van der Waals surface area contributed by atoms with Crippen LogP contribution in [0.4, 0.5) is 5.69 Å². The van der Waals surface area contributed by atoms with Gasteiger partial charge in [-0.15, -0.1) is 0 Å². The van der Waals surface area contributed by atoms with E-state index in [1.807, 2.05) is 24.3 Å². The molecule has 0 bridgehead atoms. The van der Waals surface area contributed by atoms with E-state index in [2.05, 4.69) is 19.9 Å². The molecule has 1 aromatic rings. The molecule has 2 nitrogen and oxygen atoms in total. The van der Waals surface area contributed by atoms with Crippen LogP contribution in [0.1, 0.15) is 32.3 Å². The Labute approximate surface area is 97.1 Å². The maximum absolute atomic E-state index is 9.39. The maximum atomic E-state index is 9.39. The molecule has 16 heavy (non-hydrogen) atoms. The van der Waals surface area contributed by atoms with Gasteiger partial charge in [0.1, 0.15) is 0 Å². The van der Waals surface area contributed by atoms with Gasteiger partial charge >= 0.3 is 0 Å². The molecule has 0 unspecified atom stereocenters. The van der Waals surface area contributed by atoms with Crippen LogP contribution in [0.25, 0.3) is 0 Å². The molecule has 84 valence electrons. The number of nitrogens with two attached hydrogens (primary N) is 1. The second kappa shape index (κ2) is 3.83. The van der Waals surface area contributed by atoms with Gasteiger partial charge in [-0.1, -0.05) is 26.0 Å². The molecule has 2 heteroatoms. The summed E-state index contributed by atoms with van der Waals surface area (Å²) in [7, 11) is 0. The molecule has 1 aliphatic rings. The van der Waals surface area contributed by atoms with Gasteiger partial charge in [-0.25, -0.2) is 0 Å². The van der Waals surface area contributed by atoms with Crippen LogP contribution in [0, 0.1) is 23.2 Å². The van der Waals surface area contributed by atoms with Crippen molar-refractivity contribution in [1.29, 1.82) is 5.26 Å². The summed E-state index contributed by atoms with van der Waals surface area (Å²) in [6, 6.07) is 10.3. The van der Waals surface area contributed by atoms with Crippen molar-refractivity contribution in [2.24, 2.45) is 11.8 Å². The predicted octanol–water partition coefficient (Wildman–Crippen LogP) is 3.10. The molecule has 2 rings (SSSR count). The van der Waals surface area contributed by atoms with E-state index in [0.29, 0.717) is 11.8 Å². The van der Waals surface area contributed by atoms with Gasteiger partial charge < -0.3 is 5.73 Å². The van der Waals surface area contributed by atoms with Crippen molar-refractivity contribution in [3.8, 4) is 6.07 Å². The van der Waals surface area contributed by atoms with E-state index in [0.717, 1.165) is 24.1 Å². The van der Waals surface area contributed by atoms with Crippen molar-refractivity contribution in [2.45, 2.75) is 32.1 Å². The third-order valence-electron chi connectivity index (χ3n) is 3.82. The van der Waals surface area contributed by atoms with Crippen molar-refractivity contribution in [2.75, 3.05) is 5.73 Å². The van der Waals surface area contributed by atoms with Crippen LogP contribution < -0.4 is 5.73 Å². The van der Waals surface area contributed by atoms with Gasteiger partial charge in [-0.3, -0.25) is 0 Å². The standard InChI is InChI=1S/C14H18N2/c1-10(2)11-7-14(8-11,9-15)12-4-3-5-13(16)6-12/h3-6,10-11H,7-8,16H2,1-2H3. The first-order valence-electron chi connectivity index (χ1n) is 5.85. The Morgan fingerprint density at radius 2 is 2.12 bits per heavy atom. The van der Waals surface area contributed by atoms with Crippen LogP contribution in [0.2, 0.25) is 0 Å². The number of rotatable bonds is 2. The molecule has 1 aromatic carbocycles. The molecule has 2 N–H and O–H groups in total. The van der Waals surface area contributed by atoms with Crippen LogP contribution in [-0.2, 0) is 5.41 Å². The van der Waals surface area contributed by atoms with Crippen molar-refractivity contribution >= 4 is 5.69 Å². The lowest BCUT2D eigenvalue weighted by Crippen LogP contribution is -2.42. The molecular weight excluding hydrogens is 196 g/mol. The smallest absolute Gasteiger partial charge is 0.0828 e. The van der Waals surface area contributed by atoms with Gasteiger partial charge in [0.25, 0.3) is 0 Å². The molecule has 0 atom stereocenters. The second-order valence-electron chi connectivity index (χ2n) is 5.23. The van der Waals surface area contributed by atoms with Crippen LogP contribution in [0.5, 0.6) is 0 Å². The Morgan fingerprint density at radius 1 is 1.44 bits per heavy atom. The van der Waals surface area contributed by atoms with Gasteiger partial charge in [0.05, 0.1) is 11.5 Å². The van der Waals surface area contributed by atoms with Crippen molar-refractivity contribution < 1.29 is 0 Å². The molecule has 0 amide bonds. The SMILES string of the molecule is CC(C)C1CC(C#N)(c2cccc(N)c2)C1. The summed E-state index contributed by atoms with van der Waals surface area (Å²) >= 11 is 0. The van der Waals surface area contributed by atoms with E-state index in [-0.39, 0.29) is 5.41 Å². The Balaban J connectivity index is 2.23. The minimum Gasteiger partial charge on any atom is -0.399 e. The first-order valence-corrected chi connectivity index (χ1v) is 5.85. The maximum Gasteiger partial charge on any atom is 0.0828 e. The Morgan fingerprint density at radius 3 is 2.62 bits per heavy atom. The highest BCUT2D eigenvalue weighted by Crippen LogP contribution is 2.50. The van der Waals surface area contributed by atoms with Gasteiger partial charge in [-0.05, 0) is 42.4 Å². The lowest BCUT2D eigenvalue weighted by Gasteiger charge is -2.45. The molecule has 0 radical (unpaired) electrons. The number of nitrogen functional groups attached to an aromatic ring is 1. The summed E-state index contributed by atoms with van der Waals surface area (Å²) < 4.78 is 0. The van der Waals surface area contributed by atoms with E-state index in [1.54, 1.807) is 0 Å². The molecule has 0 aromatic heterocycles. The third kappa shape index (κ3) is 1.67. The highest BCUT2D eigenvalue weighted by atomic mass is 14.6. The van der Waals surface area contributed by atoms with Gasteiger partial charge in [0.15, 0.2) is 0 Å². The summed E-state index contributed by atoms with van der Waals surface area (Å²) in [6.07, 6.45) is 1.95. The average molecular weight is 214 g/mol. The molecule has 1 aliphatic carbocycles. The number of anilines is 1. The van der Waals surface area contributed by atoms with Crippen LogP contribution in [-0.4, -0.2) is 0 Å². The van der Waals surface area contributed by atoms with E-state index in [1.165, 1.54) is 0 Å². The molecular formula is C14H18N2. The minimum atomic E-state index is -0.273. The fourth-order valence-corrected chi connectivity index (χ4v) is 2.53. The van der Waals surface area contributed by atoms with Crippen LogP contribution in [0.3, 0.4) is 0 Å². The molecule has 0 spiro atoms. The van der Waals surface area contributed by atoms with Crippen LogP contribution >= 0.6 is 0 Å². The number of nitrogens with zero attached hydrogens (tertiary/aromatic N) is 1. The van der Waals surface area contributed by atoms with Crippen molar-refractivity contribution in [1.82, 2.24) is 0 Å². The third-order valence-corrected chi connectivity index (χ3v) is 3.82. The molecule has 0 saturated heterocycles. The molecule has 0 heterocycles. The number of nitriles is 1. The number of hydrogen-bond acceptors (Lipinski definition) is 2. The van der Waals surface area contributed by atoms with Crippen molar-refractivity contribution in [3.05, 3.63) is 29.8 Å². The lowest BCUT2D eigenvalue weighted by atomic mass is 9.56. The lowest BCUT2D eigenvalue weighted by molar-refractivity contribution is 0.145. The van der Waals surface area contributed by atoms with E-state index in [9.17, 15) is 5.26 Å². The quantitative estimate of drug-likeness (QED) is 0.769. The topological polar surface area (TPSA) is 49.8 Å². The van der Waals surface area contributed by atoms with Crippen molar-refractivity contribution in [3.63, 3.8) is 0 Å². The molecule has 0 aliphatic heterocycles. The van der Waals surface area contributed by atoms with E-state index < -0.39 is 0 Å². The van der Waals surface area contributed by atoms with Gasteiger partial charge in [0, 0.05) is 5.69 Å². The average Bonchev–Trinajstić information content (AvgIpc) is 2.16. The first kappa shape index (κ1) is 11.0. The summed E-state index contributed by atoms with van der Waals surface area (Å²) in [4.78, 5) is 0. The minimum absolute atomic E-state index is 0.273. The number of benzene rings is 1. The molecule has 1 fully saturated rings. The monoisotopic (exact) mass is 214 g/mol. The largest absolute Gasteiger partial charge is 0.399 e. The highest BCUT2D eigenvalue weighted by molar-refractivity contribution is 5.47. The zero-order valence-electron chi connectivity index (χ0n) is 9.90. The Hall–Kier alpha value is -1.49. The van der Waals surface area contributed by atoms with Gasteiger partial charge in [-0.2, -0.15) is 5.26 Å². The Bertz CT molecular complexity index is 423. The predicted molar refractivity (Wildman–Crippen MR) is 65.7 cm³/mol. The normalized spacial score (nSPS) is 28.5. The highest BCUT2D eigenvalue weighted by Gasteiger charge is 2.46. The molecule has 1 saturated carbocycles. The fraction of sp³-hybridized carbons (Fsp3) is 0.500. The zero-order valence-corrected chi connectivity index (χ0v) is 9.90. The summed E-state index contributed by atoms with van der Waals surface area (Å²) in [5.74, 6) is 1.35. The van der Waals surface area contributed by atoms with Gasteiger partial charge in [0.2, 0.25) is 0 Å². The number of hydrogen-bond donors (Lipinski definition) is 1. The summed E-state index contributed by atoms with van der Waals surface area (Å²) in [5, 5.41) is 9.39. The zero-order chi connectivity index (χ0) is 11.8. The fourth-order valence-electron chi connectivity index (χ4n) is 2.53.